The van der Waals surface area contributed by atoms with Gasteiger partial charge in [0.1, 0.15) is 0 Å². The fourth-order valence-electron chi connectivity index (χ4n) is 1.50. The van der Waals surface area contributed by atoms with Crippen molar-refractivity contribution in [2.24, 2.45) is 4.99 Å². The minimum atomic E-state index is -4.07. The molecule has 0 unspecified atom stereocenters. The number of hydrogen-bond donors (Lipinski definition) is 2. The Bertz CT molecular complexity index is 274. The normalized spacial score (nSPS) is 12.5. The highest BCUT2D eigenvalue weighted by atomic mass is 19.4. The number of alkyl halides is 3. The van der Waals surface area contributed by atoms with Crippen molar-refractivity contribution in [1.29, 1.82) is 0 Å². The molecule has 8 heteroatoms. The number of aliphatic imine (C=N–C) groups is 1. The number of methoxy groups -OCH3 is 1. The van der Waals surface area contributed by atoms with Crippen molar-refractivity contribution < 1.29 is 22.6 Å². The molecule has 0 heterocycles. The van der Waals surface area contributed by atoms with Crippen LogP contribution in [0.25, 0.3) is 0 Å². The summed E-state index contributed by atoms with van der Waals surface area (Å²) in [6.07, 6.45) is -3.40. The van der Waals surface area contributed by atoms with Crippen molar-refractivity contribution in [1.82, 2.24) is 10.6 Å². The van der Waals surface area contributed by atoms with Crippen molar-refractivity contribution in [3.63, 3.8) is 0 Å². The topological polar surface area (TPSA) is 54.9 Å². The Morgan fingerprint density at radius 3 is 2.24 bits per heavy atom. The lowest BCUT2D eigenvalue weighted by atomic mass is 10.2. The molecule has 0 atom stereocenters. The largest absolute Gasteiger partial charge is 0.389 e. The highest BCUT2D eigenvalue weighted by Crippen LogP contribution is 2.21. The predicted octanol–water partition coefficient (Wildman–Crippen LogP) is 1.94. The number of halogens is 3. The first kappa shape index (κ1) is 20.0. The third-order valence-electron chi connectivity index (χ3n) is 2.59. The van der Waals surface area contributed by atoms with Gasteiger partial charge in [-0.05, 0) is 19.3 Å². The summed E-state index contributed by atoms with van der Waals surface area (Å²) in [6, 6.07) is 0. The first-order valence-corrected chi connectivity index (χ1v) is 7.07. The third-order valence-corrected chi connectivity index (χ3v) is 2.59. The second kappa shape index (κ2) is 12.7. The predicted molar refractivity (Wildman–Crippen MR) is 76.6 cm³/mol. The minimum Gasteiger partial charge on any atom is -0.382 e. The molecule has 0 saturated heterocycles. The van der Waals surface area contributed by atoms with Crippen LogP contribution in [0.3, 0.4) is 0 Å². The molecule has 0 aliphatic heterocycles. The van der Waals surface area contributed by atoms with Gasteiger partial charge >= 0.3 is 6.18 Å². The lowest BCUT2D eigenvalue weighted by Crippen LogP contribution is -2.38. The fourth-order valence-corrected chi connectivity index (χ4v) is 1.50. The van der Waals surface area contributed by atoms with Crippen LogP contribution in [0, 0.1) is 0 Å². The lowest BCUT2D eigenvalue weighted by Gasteiger charge is -2.12. The summed E-state index contributed by atoms with van der Waals surface area (Å²) in [5, 5.41) is 6.05. The van der Waals surface area contributed by atoms with E-state index in [9.17, 15) is 13.2 Å². The Labute approximate surface area is 124 Å². The Morgan fingerprint density at radius 1 is 1.00 bits per heavy atom. The van der Waals surface area contributed by atoms with Crippen LogP contribution < -0.4 is 10.6 Å². The summed E-state index contributed by atoms with van der Waals surface area (Å²) < 4.78 is 46.0. The zero-order chi connectivity index (χ0) is 16.0. The Hall–Kier alpha value is -1.02. The summed E-state index contributed by atoms with van der Waals surface area (Å²) in [6.45, 7) is 2.94. The monoisotopic (exact) mass is 313 g/mol. The Kier molecular flexibility index (Phi) is 12.1. The lowest BCUT2D eigenvalue weighted by molar-refractivity contribution is -0.135. The maximum atomic E-state index is 11.9. The quantitative estimate of drug-likeness (QED) is 0.348. The van der Waals surface area contributed by atoms with Crippen molar-refractivity contribution in [3.8, 4) is 0 Å². The van der Waals surface area contributed by atoms with Gasteiger partial charge in [-0.1, -0.05) is 0 Å². The SMILES string of the molecule is CN=C(NCCCCC(F)(F)F)NCCCOCCOC. The van der Waals surface area contributed by atoms with E-state index in [1.54, 1.807) is 14.2 Å². The summed E-state index contributed by atoms with van der Waals surface area (Å²) in [5.74, 6) is 0.596. The van der Waals surface area contributed by atoms with Crippen molar-refractivity contribution >= 4 is 5.96 Å². The number of nitrogens with one attached hydrogen (secondary N) is 2. The molecule has 0 radical (unpaired) electrons. The van der Waals surface area contributed by atoms with Gasteiger partial charge in [0.05, 0.1) is 13.2 Å². The molecule has 126 valence electrons. The Morgan fingerprint density at radius 2 is 1.67 bits per heavy atom. The van der Waals surface area contributed by atoms with Gasteiger partial charge in [0.15, 0.2) is 5.96 Å². The van der Waals surface area contributed by atoms with E-state index < -0.39 is 12.6 Å². The van der Waals surface area contributed by atoms with Gasteiger partial charge < -0.3 is 20.1 Å². The zero-order valence-corrected chi connectivity index (χ0v) is 12.8. The third kappa shape index (κ3) is 15.2. The van der Waals surface area contributed by atoms with Gasteiger partial charge in [0.2, 0.25) is 0 Å². The van der Waals surface area contributed by atoms with Gasteiger partial charge in [0, 0.05) is 40.3 Å². The second-order valence-electron chi connectivity index (χ2n) is 4.46. The first-order chi connectivity index (χ1) is 9.99. The molecule has 0 aromatic rings. The smallest absolute Gasteiger partial charge is 0.382 e. The molecule has 0 rings (SSSR count). The molecule has 0 aliphatic rings. The van der Waals surface area contributed by atoms with Gasteiger partial charge in [-0.2, -0.15) is 13.2 Å². The molecule has 0 aliphatic carbocycles. The zero-order valence-electron chi connectivity index (χ0n) is 12.8. The molecule has 0 aromatic carbocycles. The van der Waals surface area contributed by atoms with Crippen LogP contribution in [-0.2, 0) is 9.47 Å². The molecule has 0 spiro atoms. The average molecular weight is 313 g/mol. The molecular formula is C13H26F3N3O2. The highest BCUT2D eigenvalue weighted by Gasteiger charge is 2.25. The number of guanidine groups is 1. The maximum absolute atomic E-state index is 11.9. The number of ether oxygens (including phenoxy) is 2. The van der Waals surface area contributed by atoms with Gasteiger partial charge in [-0.25, -0.2) is 0 Å². The number of nitrogens with zero attached hydrogens (tertiary/aromatic N) is 1. The molecule has 5 nitrogen and oxygen atoms in total. The van der Waals surface area contributed by atoms with E-state index in [4.69, 9.17) is 9.47 Å². The van der Waals surface area contributed by atoms with Crippen LogP contribution >= 0.6 is 0 Å². The summed E-state index contributed by atoms with van der Waals surface area (Å²) in [7, 11) is 3.25. The summed E-state index contributed by atoms with van der Waals surface area (Å²) >= 11 is 0. The van der Waals surface area contributed by atoms with Crippen LogP contribution in [0.15, 0.2) is 4.99 Å². The molecular weight excluding hydrogens is 287 g/mol. The van der Waals surface area contributed by atoms with E-state index >= 15 is 0 Å². The number of hydrogen-bond acceptors (Lipinski definition) is 3. The van der Waals surface area contributed by atoms with Crippen molar-refractivity contribution in [2.75, 3.05) is 47.1 Å². The van der Waals surface area contributed by atoms with Crippen LogP contribution in [-0.4, -0.2) is 59.2 Å². The second-order valence-corrected chi connectivity index (χ2v) is 4.46. The molecule has 0 saturated carbocycles. The van der Waals surface area contributed by atoms with Gasteiger partial charge in [-0.3, -0.25) is 4.99 Å². The molecule has 0 bridgehead atoms. The van der Waals surface area contributed by atoms with Gasteiger partial charge in [-0.15, -0.1) is 0 Å². The summed E-state index contributed by atoms with van der Waals surface area (Å²) in [5.41, 5.74) is 0. The van der Waals surface area contributed by atoms with E-state index in [1.165, 1.54) is 0 Å². The standard InChI is InChI=1S/C13H26F3N3O2/c1-17-12(18-7-4-3-6-13(14,15)16)19-8-5-9-21-11-10-20-2/h3-11H2,1-2H3,(H2,17,18,19). The van der Waals surface area contributed by atoms with E-state index in [2.05, 4.69) is 15.6 Å². The maximum Gasteiger partial charge on any atom is 0.389 e. The van der Waals surface area contributed by atoms with Crippen LogP contribution in [0.1, 0.15) is 25.7 Å². The van der Waals surface area contributed by atoms with Crippen LogP contribution in [0.5, 0.6) is 0 Å². The summed E-state index contributed by atoms with van der Waals surface area (Å²) in [4.78, 5) is 3.99. The number of rotatable bonds is 11. The van der Waals surface area contributed by atoms with E-state index in [0.29, 0.717) is 45.3 Å². The average Bonchev–Trinajstić information content (AvgIpc) is 2.42. The van der Waals surface area contributed by atoms with E-state index in [-0.39, 0.29) is 6.42 Å². The molecule has 0 aromatic heterocycles. The molecule has 2 N–H and O–H groups in total. The van der Waals surface area contributed by atoms with E-state index in [0.717, 1.165) is 6.42 Å². The van der Waals surface area contributed by atoms with Crippen molar-refractivity contribution in [3.05, 3.63) is 0 Å². The molecule has 21 heavy (non-hydrogen) atoms. The Balaban J connectivity index is 3.47. The first-order valence-electron chi connectivity index (χ1n) is 7.07. The fraction of sp³-hybridized carbons (Fsp3) is 0.923. The molecule has 0 amide bonds. The van der Waals surface area contributed by atoms with Crippen LogP contribution in [0.4, 0.5) is 13.2 Å². The van der Waals surface area contributed by atoms with E-state index in [1.807, 2.05) is 0 Å². The van der Waals surface area contributed by atoms with Crippen LogP contribution in [0.2, 0.25) is 0 Å². The van der Waals surface area contributed by atoms with Gasteiger partial charge in [0.25, 0.3) is 0 Å². The number of unbranched alkanes of at least 4 members (excludes halogenated alkanes) is 1. The molecule has 0 fully saturated rings. The minimum absolute atomic E-state index is 0.126. The highest BCUT2D eigenvalue weighted by molar-refractivity contribution is 5.79. The van der Waals surface area contributed by atoms with Crippen molar-refractivity contribution in [2.45, 2.75) is 31.9 Å².